The number of nitriles is 1. The van der Waals surface area contributed by atoms with Crippen molar-refractivity contribution in [2.24, 2.45) is 0 Å². The van der Waals surface area contributed by atoms with E-state index >= 15 is 0 Å². The average molecular weight is 254 g/mol. The van der Waals surface area contributed by atoms with Gasteiger partial charge in [-0.3, -0.25) is 4.79 Å². The molecule has 0 aliphatic carbocycles. The Hall–Kier alpha value is -2.23. The minimum absolute atomic E-state index is 0.00125. The van der Waals surface area contributed by atoms with Crippen LogP contribution in [0.1, 0.15) is 28.5 Å². The molecule has 0 bridgehead atoms. The maximum absolute atomic E-state index is 11.6. The van der Waals surface area contributed by atoms with E-state index in [2.05, 4.69) is 4.98 Å². The summed E-state index contributed by atoms with van der Waals surface area (Å²) in [5.74, 6) is -0.140. The number of ketones is 1. The van der Waals surface area contributed by atoms with Crippen molar-refractivity contribution >= 4 is 29.3 Å². The number of carbonyl (C=O) groups is 1. The Kier molecular flexibility index (Phi) is 3.34. The third kappa shape index (κ3) is 2.34. The van der Waals surface area contributed by atoms with Gasteiger partial charge in [0.1, 0.15) is 11.8 Å². The van der Waals surface area contributed by atoms with Crippen LogP contribution in [0.2, 0.25) is 0 Å². The molecule has 0 unspecified atom stereocenters. The number of hydrogen-bond donors (Lipinski definition) is 2. The molecule has 1 heterocycles. The highest BCUT2D eigenvalue weighted by Crippen LogP contribution is 2.20. The van der Waals surface area contributed by atoms with Crippen molar-refractivity contribution < 1.29 is 14.8 Å². The van der Waals surface area contributed by atoms with Gasteiger partial charge in [0.25, 0.3) is 0 Å². The predicted octanol–water partition coefficient (Wildman–Crippen LogP) is 0.297. The summed E-state index contributed by atoms with van der Waals surface area (Å²) in [5, 5.41) is 28.0. The van der Waals surface area contributed by atoms with Crippen LogP contribution >= 0.6 is 0 Å². The maximum atomic E-state index is 11.6. The molecule has 94 valence electrons. The maximum Gasteiger partial charge on any atom is 0.491 e. The lowest BCUT2D eigenvalue weighted by Gasteiger charge is -2.09. The van der Waals surface area contributed by atoms with E-state index in [1.807, 2.05) is 13.0 Å². The number of carbonyl (C=O) groups excluding carboxylic acids is 1. The first-order valence-corrected chi connectivity index (χ1v) is 5.66. The lowest BCUT2D eigenvalue weighted by Crippen LogP contribution is -2.33. The van der Waals surface area contributed by atoms with Gasteiger partial charge in [0.2, 0.25) is 0 Å². The van der Waals surface area contributed by atoms with Crippen molar-refractivity contribution in [3.05, 3.63) is 35.0 Å². The van der Waals surface area contributed by atoms with Gasteiger partial charge in [0.15, 0.2) is 5.78 Å². The number of fused-ring (bicyclic) bond motifs is 1. The van der Waals surface area contributed by atoms with Crippen LogP contribution < -0.4 is 5.46 Å². The van der Waals surface area contributed by atoms with Gasteiger partial charge in [-0.15, -0.1) is 0 Å². The van der Waals surface area contributed by atoms with E-state index in [1.54, 1.807) is 12.1 Å². The highest BCUT2D eigenvalue weighted by Gasteiger charge is 2.20. The molecule has 0 aliphatic heterocycles. The molecule has 0 aliphatic rings. The molecule has 0 fully saturated rings. The smallest absolute Gasteiger partial charge is 0.423 e. The van der Waals surface area contributed by atoms with E-state index in [0.29, 0.717) is 16.5 Å². The summed E-state index contributed by atoms with van der Waals surface area (Å²) in [4.78, 5) is 15.7. The van der Waals surface area contributed by atoms with Gasteiger partial charge in [0.05, 0.1) is 5.52 Å². The third-order valence-electron chi connectivity index (χ3n) is 2.87. The summed E-state index contributed by atoms with van der Waals surface area (Å²) < 4.78 is 0. The van der Waals surface area contributed by atoms with Gasteiger partial charge in [-0.05, 0) is 37.6 Å². The summed E-state index contributed by atoms with van der Waals surface area (Å²) in [6.07, 6.45) is 0. The average Bonchev–Trinajstić information content (AvgIpc) is 2.35. The Labute approximate surface area is 110 Å². The molecule has 0 radical (unpaired) electrons. The lowest BCUT2D eigenvalue weighted by atomic mass is 9.78. The molecule has 2 aromatic rings. The van der Waals surface area contributed by atoms with E-state index in [1.165, 1.54) is 13.0 Å². The van der Waals surface area contributed by atoms with Gasteiger partial charge in [-0.1, -0.05) is 0 Å². The Balaban J connectivity index is 2.90. The molecule has 0 spiro atoms. The van der Waals surface area contributed by atoms with Crippen molar-refractivity contribution in [1.82, 2.24) is 4.98 Å². The normalized spacial score (nSPS) is 10.3. The Morgan fingerprint density at radius 2 is 2.05 bits per heavy atom. The molecule has 1 aromatic heterocycles. The number of aromatic nitrogens is 1. The number of aryl methyl sites for hydroxylation is 1. The molecule has 19 heavy (non-hydrogen) atoms. The number of pyridine rings is 1. The summed E-state index contributed by atoms with van der Waals surface area (Å²) >= 11 is 0. The zero-order chi connectivity index (χ0) is 14.2. The van der Waals surface area contributed by atoms with Crippen molar-refractivity contribution in [2.45, 2.75) is 13.8 Å². The van der Waals surface area contributed by atoms with Gasteiger partial charge < -0.3 is 10.0 Å². The van der Waals surface area contributed by atoms with Crippen molar-refractivity contribution in [1.29, 1.82) is 5.26 Å². The molecular weight excluding hydrogens is 243 g/mol. The van der Waals surface area contributed by atoms with E-state index in [0.717, 1.165) is 5.56 Å². The van der Waals surface area contributed by atoms with Crippen LogP contribution in [-0.4, -0.2) is 27.9 Å². The number of benzene rings is 1. The highest BCUT2D eigenvalue weighted by atomic mass is 16.4. The first-order valence-electron chi connectivity index (χ1n) is 5.66. The highest BCUT2D eigenvalue weighted by molar-refractivity contribution is 6.59. The first kappa shape index (κ1) is 13.2. The molecule has 0 atom stereocenters. The molecule has 6 heteroatoms. The molecule has 0 amide bonds. The Morgan fingerprint density at radius 3 is 2.58 bits per heavy atom. The minimum Gasteiger partial charge on any atom is -0.423 e. The molecule has 0 saturated carbocycles. The second kappa shape index (κ2) is 4.80. The second-order valence-electron chi connectivity index (χ2n) is 4.35. The topological polar surface area (TPSA) is 94.2 Å². The largest absolute Gasteiger partial charge is 0.491 e. The zero-order valence-corrected chi connectivity index (χ0v) is 10.5. The van der Waals surface area contributed by atoms with Crippen LogP contribution in [0.4, 0.5) is 0 Å². The fourth-order valence-electron chi connectivity index (χ4n) is 2.01. The van der Waals surface area contributed by atoms with Crippen LogP contribution in [0.25, 0.3) is 10.9 Å². The van der Waals surface area contributed by atoms with Crippen LogP contribution in [0.3, 0.4) is 0 Å². The summed E-state index contributed by atoms with van der Waals surface area (Å²) in [5.41, 5.74) is 1.75. The quantitative estimate of drug-likeness (QED) is 0.593. The van der Waals surface area contributed by atoms with Crippen LogP contribution in [0.5, 0.6) is 0 Å². The van der Waals surface area contributed by atoms with Crippen molar-refractivity contribution in [3.8, 4) is 6.07 Å². The van der Waals surface area contributed by atoms with Crippen LogP contribution in [-0.2, 0) is 0 Å². The fraction of sp³-hybridized carbons (Fsp3) is 0.154. The minimum atomic E-state index is -1.80. The second-order valence-corrected chi connectivity index (χ2v) is 4.35. The molecule has 1 aromatic carbocycles. The monoisotopic (exact) mass is 254 g/mol. The summed E-state index contributed by atoms with van der Waals surface area (Å²) in [7, 11) is -1.80. The molecule has 5 nitrogen and oxygen atoms in total. The van der Waals surface area contributed by atoms with Crippen molar-refractivity contribution in [3.63, 3.8) is 0 Å². The van der Waals surface area contributed by atoms with Gasteiger partial charge in [-0.2, -0.15) is 5.26 Å². The number of nitrogens with zero attached hydrogens (tertiary/aromatic N) is 2. The van der Waals surface area contributed by atoms with Crippen LogP contribution in [0, 0.1) is 18.3 Å². The first-order chi connectivity index (χ1) is 8.93. The predicted molar refractivity (Wildman–Crippen MR) is 71.0 cm³/mol. The summed E-state index contributed by atoms with van der Waals surface area (Å²) in [6.45, 7) is 3.26. The fourth-order valence-corrected chi connectivity index (χ4v) is 2.01. The molecule has 2 N–H and O–H groups in total. The standard InChI is InChI=1S/C13H11BN2O3/c1-7-3-9(8(2)17)10-5-11(14(18)19)13(6-15)16-12(10)4-7/h3-5,18-19H,1-2H3. The number of hydrogen-bond acceptors (Lipinski definition) is 5. The van der Waals surface area contributed by atoms with E-state index in [-0.39, 0.29) is 16.9 Å². The van der Waals surface area contributed by atoms with Gasteiger partial charge in [0, 0.05) is 16.4 Å². The van der Waals surface area contributed by atoms with E-state index in [9.17, 15) is 14.8 Å². The van der Waals surface area contributed by atoms with E-state index in [4.69, 9.17) is 5.26 Å². The Bertz CT molecular complexity index is 720. The number of Topliss-reactive ketones (excluding diaryl/α,β-unsaturated/α-hetero) is 1. The molecule has 0 saturated heterocycles. The van der Waals surface area contributed by atoms with Crippen LogP contribution in [0.15, 0.2) is 18.2 Å². The third-order valence-corrected chi connectivity index (χ3v) is 2.87. The van der Waals surface area contributed by atoms with Crippen molar-refractivity contribution in [2.75, 3.05) is 0 Å². The molecule has 2 rings (SSSR count). The summed E-state index contributed by atoms with van der Waals surface area (Å²) in [6, 6.07) is 6.71. The Morgan fingerprint density at radius 1 is 1.37 bits per heavy atom. The lowest BCUT2D eigenvalue weighted by molar-refractivity contribution is 0.101. The SMILES string of the molecule is CC(=O)c1cc(C)cc2nc(C#N)c(B(O)O)cc12. The zero-order valence-electron chi connectivity index (χ0n) is 10.5. The molecular formula is C13H11BN2O3. The van der Waals surface area contributed by atoms with Gasteiger partial charge >= 0.3 is 7.12 Å². The van der Waals surface area contributed by atoms with Gasteiger partial charge in [-0.25, -0.2) is 4.98 Å². The van der Waals surface area contributed by atoms with E-state index < -0.39 is 7.12 Å². The number of rotatable bonds is 2.